The Hall–Kier alpha value is -10.7. The van der Waals surface area contributed by atoms with Crippen LogP contribution in [-0.2, 0) is 10.8 Å². The topological polar surface area (TPSA) is 77.7 Å². The van der Waals surface area contributed by atoms with E-state index in [4.69, 9.17) is 28.1 Å². The molecule has 0 atom stereocenters. The summed E-state index contributed by atoms with van der Waals surface area (Å²) in [5, 5.41) is 9.78. The van der Waals surface area contributed by atoms with Crippen LogP contribution in [0.4, 0.5) is 45.5 Å². The highest BCUT2D eigenvalue weighted by atomic mass is 15.2. The SMILES string of the molecule is [C-]#[N+]c1ccccc1-c1ccc(-c2nc(-c3ccc(-c4cccc(C#N)c4)cc3)nc(-c3ccc(-c4ccccc4[N+]#[C-])cc3N3c4ccccc4C(C)(C)c4ccccc43)n2)c(N2c3ccccc3C(C)(C)c3ccccc32)c1. The van der Waals surface area contributed by atoms with Crippen molar-refractivity contribution in [3.8, 4) is 73.6 Å². The van der Waals surface area contributed by atoms with Crippen molar-refractivity contribution in [2.24, 2.45) is 0 Å². The minimum absolute atomic E-state index is 0.327. The molecule has 13 rings (SSSR count). The third-order valence-corrected chi connectivity index (χ3v) is 16.0. The standard InChI is InChI=1S/C72H50N8/c1-71(2)56-24-9-15-30-62(56)79(63-31-16-10-25-57(63)71)66-43-50(52-22-7-13-28-60(52)74-5)38-40-54(66)69-76-68(48-36-34-47(35-37-48)49-21-19-20-46(42-49)45-73)77-70(78-69)55-41-39-51(53-23-8-14-29-61(53)75-6)44-67(55)80-64-32-17-11-26-58(64)72(3,4)59-27-12-18-33-65(59)80/h7-44H,1-4H3. The van der Waals surface area contributed by atoms with Gasteiger partial charge in [-0.3, -0.25) is 0 Å². The molecule has 0 amide bonds. The average Bonchev–Trinajstić information content (AvgIpc) is 3.53. The molecule has 1 aromatic heterocycles. The maximum absolute atomic E-state index is 9.78. The molecule has 0 aliphatic carbocycles. The molecule has 8 nitrogen and oxygen atoms in total. The molecule has 0 unspecified atom stereocenters. The van der Waals surface area contributed by atoms with E-state index in [1.54, 1.807) is 0 Å². The molecule has 0 bridgehead atoms. The lowest BCUT2D eigenvalue weighted by Gasteiger charge is -2.42. The lowest BCUT2D eigenvalue weighted by molar-refractivity contribution is 0.632. The maximum atomic E-state index is 9.78. The summed E-state index contributed by atoms with van der Waals surface area (Å²) in [5.74, 6) is 1.36. The van der Waals surface area contributed by atoms with Gasteiger partial charge in [-0.2, -0.15) is 5.26 Å². The lowest BCUT2D eigenvalue weighted by atomic mass is 9.73. The van der Waals surface area contributed by atoms with Crippen LogP contribution >= 0.6 is 0 Å². The number of rotatable bonds is 8. The van der Waals surface area contributed by atoms with Gasteiger partial charge in [-0.05, 0) is 116 Å². The van der Waals surface area contributed by atoms with Crippen molar-refractivity contribution in [1.82, 2.24) is 15.0 Å². The second kappa shape index (κ2) is 19.4. The van der Waals surface area contributed by atoms with E-state index in [0.29, 0.717) is 34.4 Å². The molecule has 0 saturated carbocycles. The van der Waals surface area contributed by atoms with Gasteiger partial charge in [0, 0.05) is 27.5 Å². The predicted molar refractivity (Wildman–Crippen MR) is 323 cm³/mol. The average molecular weight is 1030 g/mol. The predicted octanol–water partition coefficient (Wildman–Crippen LogP) is 19.1. The van der Waals surface area contributed by atoms with Crippen molar-refractivity contribution in [2.45, 2.75) is 38.5 Å². The maximum Gasteiger partial charge on any atom is 0.194 e. The van der Waals surface area contributed by atoms with E-state index in [9.17, 15) is 5.26 Å². The first kappa shape index (κ1) is 48.9. The summed E-state index contributed by atoms with van der Waals surface area (Å²) in [5.41, 5.74) is 19.1. The van der Waals surface area contributed by atoms with Crippen molar-refractivity contribution in [3.05, 3.63) is 281 Å². The van der Waals surface area contributed by atoms with Gasteiger partial charge in [0.05, 0.1) is 58.9 Å². The summed E-state index contributed by atoms with van der Waals surface area (Å²) in [4.78, 5) is 29.3. The Morgan fingerprint density at radius 3 is 1.15 bits per heavy atom. The smallest absolute Gasteiger partial charge is 0.194 e. The first-order valence-electron chi connectivity index (χ1n) is 26.6. The highest BCUT2D eigenvalue weighted by Gasteiger charge is 2.39. The van der Waals surface area contributed by atoms with Crippen LogP contribution in [0.1, 0.15) is 55.5 Å². The van der Waals surface area contributed by atoms with Crippen LogP contribution in [0.5, 0.6) is 0 Å². The third-order valence-electron chi connectivity index (χ3n) is 16.0. The molecular formula is C72H50N8. The zero-order chi connectivity index (χ0) is 54.7. The van der Waals surface area contributed by atoms with Crippen LogP contribution in [0, 0.1) is 24.5 Å². The normalized spacial score (nSPS) is 13.4. The second-order valence-electron chi connectivity index (χ2n) is 21.3. The molecule has 378 valence electrons. The van der Waals surface area contributed by atoms with Crippen LogP contribution in [0.25, 0.3) is 77.2 Å². The van der Waals surface area contributed by atoms with Crippen LogP contribution in [0.2, 0.25) is 0 Å². The third kappa shape index (κ3) is 8.08. The molecule has 2 aliphatic heterocycles. The van der Waals surface area contributed by atoms with Crippen LogP contribution in [0.3, 0.4) is 0 Å². The zero-order valence-corrected chi connectivity index (χ0v) is 44.5. The Bertz CT molecular complexity index is 4110. The van der Waals surface area contributed by atoms with Gasteiger partial charge < -0.3 is 9.80 Å². The molecule has 80 heavy (non-hydrogen) atoms. The van der Waals surface area contributed by atoms with Gasteiger partial charge in [-0.1, -0.05) is 198 Å². The van der Waals surface area contributed by atoms with E-state index >= 15 is 0 Å². The van der Waals surface area contributed by atoms with Gasteiger partial charge in [0.25, 0.3) is 0 Å². The molecule has 3 heterocycles. The number of nitrogens with zero attached hydrogens (tertiary/aromatic N) is 8. The minimum atomic E-state index is -0.327. The number of nitriles is 1. The number of hydrogen-bond donors (Lipinski definition) is 0. The van der Waals surface area contributed by atoms with Gasteiger partial charge in [0.2, 0.25) is 0 Å². The van der Waals surface area contributed by atoms with Gasteiger partial charge in [-0.15, -0.1) is 0 Å². The fourth-order valence-electron chi connectivity index (χ4n) is 12.0. The van der Waals surface area contributed by atoms with E-state index < -0.39 is 0 Å². The summed E-state index contributed by atoms with van der Waals surface area (Å²) in [6.07, 6.45) is 0. The Labute approximate surface area is 466 Å². The number of para-hydroxylation sites is 6. The number of anilines is 6. The fraction of sp³-hybridized carbons (Fsp3) is 0.0833. The molecule has 10 aromatic carbocycles. The number of benzene rings is 10. The number of hydrogen-bond acceptors (Lipinski definition) is 6. The van der Waals surface area contributed by atoms with Crippen molar-refractivity contribution in [1.29, 1.82) is 5.26 Å². The first-order chi connectivity index (χ1) is 39.0. The minimum Gasteiger partial charge on any atom is -0.309 e. The largest absolute Gasteiger partial charge is 0.309 e. The first-order valence-corrected chi connectivity index (χ1v) is 26.6. The van der Waals surface area contributed by atoms with E-state index in [1.165, 1.54) is 22.3 Å². The summed E-state index contributed by atoms with van der Waals surface area (Å²) in [6.45, 7) is 25.6. The lowest BCUT2D eigenvalue weighted by Crippen LogP contribution is -2.30. The number of aromatic nitrogens is 3. The molecule has 0 saturated heterocycles. The summed E-state index contributed by atoms with van der Waals surface area (Å²) in [6, 6.07) is 80.6. The molecular weight excluding hydrogens is 977 g/mol. The van der Waals surface area contributed by atoms with Crippen molar-refractivity contribution in [3.63, 3.8) is 0 Å². The van der Waals surface area contributed by atoms with Gasteiger partial charge in [-0.25, -0.2) is 24.6 Å². The van der Waals surface area contributed by atoms with Crippen LogP contribution in [-0.4, -0.2) is 15.0 Å². The van der Waals surface area contributed by atoms with Gasteiger partial charge >= 0.3 is 0 Å². The van der Waals surface area contributed by atoms with Gasteiger partial charge in [0.1, 0.15) is 0 Å². The fourth-order valence-corrected chi connectivity index (χ4v) is 12.0. The Balaban J connectivity index is 1.11. The number of fused-ring (bicyclic) bond motifs is 4. The highest BCUT2D eigenvalue weighted by Crippen LogP contribution is 2.56. The van der Waals surface area contributed by atoms with E-state index in [1.807, 2.05) is 97.1 Å². The van der Waals surface area contributed by atoms with E-state index in [2.05, 4.69) is 187 Å². The molecule has 0 fully saturated rings. The Kier molecular flexibility index (Phi) is 11.8. The second-order valence-corrected chi connectivity index (χ2v) is 21.3. The van der Waals surface area contributed by atoms with Crippen LogP contribution in [0.15, 0.2) is 231 Å². The molecule has 0 radical (unpaired) electrons. The molecule has 2 aliphatic rings. The molecule has 8 heteroatoms. The van der Waals surface area contributed by atoms with Crippen molar-refractivity contribution >= 4 is 45.5 Å². The Morgan fingerprint density at radius 1 is 0.350 bits per heavy atom. The van der Waals surface area contributed by atoms with Crippen molar-refractivity contribution in [2.75, 3.05) is 9.80 Å². The molecule has 11 aromatic rings. The van der Waals surface area contributed by atoms with Gasteiger partial charge in [0.15, 0.2) is 28.8 Å². The quantitative estimate of drug-likeness (QED) is 0.141. The summed E-state index contributed by atoms with van der Waals surface area (Å²) in [7, 11) is 0. The summed E-state index contributed by atoms with van der Waals surface area (Å²) >= 11 is 0. The van der Waals surface area contributed by atoms with E-state index in [0.717, 1.165) is 84.2 Å². The monoisotopic (exact) mass is 1030 g/mol. The van der Waals surface area contributed by atoms with Crippen molar-refractivity contribution < 1.29 is 0 Å². The molecule has 0 spiro atoms. The van der Waals surface area contributed by atoms with E-state index in [-0.39, 0.29) is 10.8 Å². The zero-order valence-electron chi connectivity index (χ0n) is 44.5. The van der Waals surface area contributed by atoms with Crippen LogP contribution < -0.4 is 9.80 Å². The molecule has 0 N–H and O–H groups in total. The summed E-state index contributed by atoms with van der Waals surface area (Å²) < 4.78 is 0. The Morgan fingerprint density at radius 2 is 0.725 bits per heavy atom. The highest BCUT2D eigenvalue weighted by molar-refractivity contribution is 5.97.